The number of allylic oxidation sites excluding steroid dienone is 6. The lowest BCUT2D eigenvalue weighted by atomic mass is 9.46. The molecule has 0 aromatic carbocycles. The minimum Gasteiger partial charge on any atom is -0.290 e. The molecule has 0 N–H and O–H groups in total. The molecular weight excluding hydrogens is 349 g/mol. The van der Waals surface area contributed by atoms with E-state index in [4.69, 9.17) is 0 Å². The van der Waals surface area contributed by atoms with Crippen LogP contribution in [0.1, 0.15) is 52.0 Å². The molecule has 2 fully saturated rings. The summed E-state index contributed by atoms with van der Waals surface area (Å²) < 4.78 is 13.8. The SMILES string of the molecule is CC1C[C@@H]2[C@H](CC[C@]3(C)C(c4cncc(F)c4)=CC[C@@H]23)[C@@]2(C)C=CC(=O)C=C12. The van der Waals surface area contributed by atoms with Crippen molar-refractivity contribution in [2.75, 3.05) is 0 Å². The van der Waals surface area contributed by atoms with E-state index in [0.717, 1.165) is 31.2 Å². The Kier molecular flexibility index (Phi) is 3.85. The maximum Gasteiger partial charge on any atom is 0.178 e. The lowest BCUT2D eigenvalue weighted by Crippen LogP contribution is -2.50. The molecule has 1 aromatic heterocycles. The second kappa shape index (κ2) is 5.98. The summed E-state index contributed by atoms with van der Waals surface area (Å²) in [7, 11) is 0. The third kappa shape index (κ3) is 2.38. The molecule has 3 heteroatoms. The van der Waals surface area contributed by atoms with E-state index in [0.29, 0.717) is 23.7 Å². The molecule has 0 bridgehead atoms. The van der Waals surface area contributed by atoms with Gasteiger partial charge in [-0.05, 0) is 84.1 Å². The minimum atomic E-state index is -0.260. The Labute approximate surface area is 166 Å². The van der Waals surface area contributed by atoms with Crippen LogP contribution < -0.4 is 0 Å². The molecule has 6 atom stereocenters. The maximum absolute atomic E-state index is 13.8. The normalized spacial score (nSPS) is 41.6. The number of aromatic nitrogens is 1. The molecule has 2 nitrogen and oxygen atoms in total. The van der Waals surface area contributed by atoms with E-state index in [2.05, 4.69) is 37.9 Å². The molecule has 0 radical (unpaired) electrons. The van der Waals surface area contributed by atoms with Gasteiger partial charge in [0.1, 0.15) is 5.82 Å². The Balaban J connectivity index is 1.51. The third-order valence-electron chi connectivity index (χ3n) is 8.47. The molecular formula is C25H28FNO. The van der Waals surface area contributed by atoms with Crippen LogP contribution in [0.15, 0.2) is 48.3 Å². The summed E-state index contributed by atoms with van der Waals surface area (Å²) in [6.45, 7) is 7.02. The van der Waals surface area contributed by atoms with E-state index >= 15 is 0 Å². The number of nitrogens with zero attached hydrogens (tertiary/aromatic N) is 1. The van der Waals surface area contributed by atoms with Crippen LogP contribution in [-0.2, 0) is 4.79 Å². The van der Waals surface area contributed by atoms with E-state index < -0.39 is 0 Å². The van der Waals surface area contributed by atoms with E-state index in [9.17, 15) is 9.18 Å². The number of fused-ring (bicyclic) bond motifs is 5. The van der Waals surface area contributed by atoms with Gasteiger partial charge in [-0.1, -0.05) is 38.5 Å². The first-order chi connectivity index (χ1) is 13.3. The molecule has 0 saturated heterocycles. The predicted molar refractivity (Wildman–Crippen MR) is 109 cm³/mol. The molecule has 1 heterocycles. The topological polar surface area (TPSA) is 30.0 Å². The standard InChI is InChI=1S/C25H28FNO/c1-15-10-19-21-5-4-20(16-11-17(26)14-27-13-16)24(21,2)9-7-22(19)25(3)8-6-18(28)12-23(15)25/h4,6,8,11-15,19,21-22H,5,7,9-10H2,1-3H3/t15?,19-,21-,22-,24+,25+/m0/s1. The molecule has 0 spiro atoms. The molecule has 2 saturated carbocycles. The Hall–Kier alpha value is -2.03. The molecule has 28 heavy (non-hydrogen) atoms. The largest absolute Gasteiger partial charge is 0.290 e. The second-order valence-electron chi connectivity index (χ2n) is 9.83. The summed E-state index contributed by atoms with van der Waals surface area (Å²) in [6, 6.07) is 1.64. The molecule has 1 aromatic rings. The summed E-state index contributed by atoms with van der Waals surface area (Å²) >= 11 is 0. The highest BCUT2D eigenvalue weighted by atomic mass is 19.1. The fourth-order valence-electron chi connectivity index (χ4n) is 7.19. The fraction of sp³-hybridized carbons (Fsp3) is 0.520. The Morgan fingerprint density at radius 2 is 2.04 bits per heavy atom. The fourth-order valence-corrected chi connectivity index (χ4v) is 7.19. The summed E-state index contributed by atoms with van der Waals surface area (Å²) in [4.78, 5) is 16.1. The first-order valence-corrected chi connectivity index (χ1v) is 10.6. The highest BCUT2D eigenvalue weighted by Crippen LogP contribution is 2.66. The van der Waals surface area contributed by atoms with Crippen molar-refractivity contribution in [3.8, 4) is 0 Å². The van der Waals surface area contributed by atoms with E-state index in [-0.39, 0.29) is 22.4 Å². The summed E-state index contributed by atoms with van der Waals surface area (Å²) in [5, 5.41) is 0. The van der Waals surface area contributed by atoms with Crippen LogP contribution in [-0.4, -0.2) is 10.8 Å². The highest BCUT2D eigenvalue weighted by Gasteiger charge is 2.57. The van der Waals surface area contributed by atoms with Crippen LogP contribution in [0, 0.1) is 40.3 Å². The van der Waals surface area contributed by atoms with Crippen LogP contribution >= 0.6 is 0 Å². The first-order valence-electron chi connectivity index (χ1n) is 10.6. The van der Waals surface area contributed by atoms with Crippen LogP contribution in [0.4, 0.5) is 4.39 Å². The number of hydrogen-bond donors (Lipinski definition) is 0. The van der Waals surface area contributed by atoms with Crippen molar-refractivity contribution in [3.05, 3.63) is 59.7 Å². The zero-order chi connectivity index (χ0) is 19.7. The van der Waals surface area contributed by atoms with Gasteiger partial charge in [0.25, 0.3) is 0 Å². The molecule has 4 aliphatic rings. The number of hydrogen-bond acceptors (Lipinski definition) is 2. The number of ketones is 1. The van der Waals surface area contributed by atoms with Gasteiger partial charge in [-0.3, -0.25) is 9.78 Å². The number of halogens is 1. The highest BCUT2D eigenvalue weighted by molar-refractivity contribution is 6.01. The van der Waals surface area contributed by atoms with Crippen molar-refractivity contribution >= 4 is 11.4 Å². The van der Waals surface area contributed by atoms with Gasteiger partial charge in [0.15, 0.2) is 5.78 Å². The molecule has 1 unspecified atom stereocenters. The predicted octanol–water partition coefficient (Wildman–Crippen LogP) is 5.77. The monoisotopic (exact) mass is 377 g/mol. The summed E-state index contributed by atoms with van der Waals surface area (Å²) in [5.41, 5.74) is 3.66. The number of pyridine rings is 1. The van der Waals surface area contributed by atoms with Gasteiger partial charge in [0, 0.05) is 11.6 Å². The maximum atomic E-state index is 13.8. The van der Waals surface area contributed by atoms with Crippen molar-refractivity contribution in [1.82, 2.24) is 4.98 Å². The zero-order valence-electron chi connectivity index (χ0n) is 16.9. The smallest absolute Gasteiger partial charge is 0.178 e. The van der Waals surface area contributed by atoms with Crippen molar-refractivity contribution < 1.29 is 9.18 Å². The minimum absolute atomic E-state index is 0.000731. The zero-order valence-corrected chi connectivity index (χ0v) is 16.9. The van der Waals surface area contributed by atoms with Crippen molar-refractivity contribution in [3.63, 3.8) is 0 Å². The van der Waals surface area contributed by atoms with Crippen LogP contribution in [0.5, 0.6) is 0 Å². The number of carbonyl (C=O) groups is 1. The lowest BCUT2D eigenvalue weighted by molar-refractivity contribution is -0.111. The third-order valence-corrected chi connectivity index (χ3v) is 8.47. The Bertz CT molecular complexity index is 944. The summed E-state index contributed by atoms with van der Waals surface area (Å²) in [5.74, 6) is 2.10. The molecule has 0 amide bonds. The molecule has 0 aliphatic heterocycles. The molecule has 5 rings (SSSR count). The number of rotatable bonds is 1. The average Bonchev–Trinajstić information content (AvgIpc) is 3.01. The number of carbonyl (C=O) groups excluding carboxylic acids is 1. The van der Waals surface area contributed by atoms with Crippen molar-refractivity contribution in [2.45, 2.75) is 46.5 Å². The van der Waals surface area contributed by atoms with Gasteiger partial charge in [0.2, 0.25) is 0 Å². The van der Waals surface area contributed by atoms with Crippen molar-refractivity contribution in [2.24, 2.45) is 34.5 Å². The van der Waals surface area contributed by atoms with Gasteiger partial charge in [0.05, 0.1) is 6.20 Å². The van der Waals surface area contributed by atoms with Gasteiger partial charge in [-0.15, -0.1) is 0 Å². The van der Waals surface area contributed by atoms with Crippen LogP contribution in [0.2, 0.25) is 0 Å². The second-order valence-corrected chi connectivity index (χ2v) is 9.83. The Morgan fingerprint density at radius 3 is 2.82 bits per heavy atom. The first kappa shape index (κ1) is 18.0. The molecule has 4 aliphatic carbocycles. The van der Waals surface area contributed by atoms with Gasteiger partial charge in [-0.2, -0.15) is 0 Å². The summed E-state index contributed by atoms with van der Waals surface area (Å²) in [6.07, 6.45) is 15.8. The van der Waals surface area contributed by atoms with E-state index in [1.54, 1.807) is 12.1 Å². The van der Waals surface area contributed by atoms with Crippen molar-refractivity contribution in [1.29, 1.82) is 0 Å². The van der Waals surface area contributed by atoms with Crippen LogP contribution in [0.3, 0.4) is 0 Å². The van der Waals surface area contributed by atoms with E-state index in [1.165, 1.54) is 17.3 Å². The van der Waals surface area contributed by atoms with Gasteiger partial charge >= 0.3 is 0 Å². The van der Waals surface area contributed by atoms with E-state index in [1.807, 2.05) is 12.3 Å². The van der Waals surface area contributed by atoms with Gasteiger partial charge in [-0.25, -0.2) is 4.39 Å². The van der Waals surface area contributed by atoms with Gasteiger partial charge < -0.3 is 0 Å². The Morgan fingerprint density at radius 1 is 1.21 bits per heavy atom. The van der Waals surface area contributed by atoms with Crippen LogP contribution in [0.25, 0.3) is 5.57 Å². The quantitative estimate of drug-likeness (QED) is 0.622. The average molecular weight is 378 g/mol. The molecule has 146 valence electrons. The lowest BCUT2D eigenvalue weighted by Gasteiger charge is -2.58.